The van der Waals surface area contributed by atoms with E-state index in [9.17, 15) is 14.4 Å². The van der Waals surface area contributed by atoms with Gasteiger partial charge < -0.3 is 14.2 Å². The molecule has 0 aromatic rings. The van der Waals surface area contributed by atoms with Crippen LogP contribution in [0.1, 0.15) is 175 Å². The number of carbonyl (C=O) groups excluding carboxylic acids is 3. The lowest BCUT2D eigenvalue weighted by atomic mass is 10.1. The van der Waals surface area contributed by atoms with E-state index in [4.69, 9.17) is 14.2 Å². The van der Waals surface area contributed by atoms with Crippen LogP contribution in [0.5, 0.6) is 0 Å². The fourth-order valence-corrected chi connectivity index (χ4v) is 5.91. The molecule has 63 heavy (non-hydrogen) atoms. The summed E-state index contributed by atoms with van der Waals surface area (Å²) in [6.45, 7) is 6.20. The molecule has 0 N–H and O–H groups in total. The summed E-state index contributed by atoms with van der Waals surface area (Å²) in [7, 11) is 0. The summed E-state index contributed by atoms with van der Waals surface area (Å²) < 4.78 is 16.7. The quantitative estimate of drug-likeness (QED) is 0.0200. The molecule has 0 bridgehead atoms. The minimum absolute atomic E-state index is 0.129. The lowest BCUT2D eigenvalue weighted by Gasteiger charge is -2.18. The van der Waals surface area contributed by atoms with Crippen molar-refractivity contribution >= 4 is 17.9 Å². The number of unbranched alkanes of at least 4 members (excludes halogenated alkanes) is 13. The zero-order valence-electron chi connectivity index (χ0n) is 39.8. The summed E-state index contributed by atoms with van der Waals surface area (Å²) in [6, 6.07) is 0. The minimum atomic E-state index is -0.834. The van der Waals surface area contributed by atoms with Crippen LogP contribution in [-0.4, -0.2) is 37.2 Å². The first-order valence-corrected chi connectivity index (χ1v) is 24.5. The Balaban J connectivity index is 4.60. The van der Waals surface area contributed by atoms with Gasteiger partial charge in [-0.2, -0.15) is 0 Å². The van der Waals surface area contributed by atoms with Crippen LogP contribution in [0, 0.1) is 0 Å². The van der Waals surface area contributed by atoms with Crippen molar-refractivity contribution in [3.05, 3.63) is 146 Å². The maximum absolute atomic E-state index is 12.8. The highest BCUT2D eigenvalue weighted by molar-refractivity contribution is 5.71. The van der Waals surface area contributed by atoms with Gasteiger partial charge in [0, 0.05) is 19.3 Å². The number of rotatable bonds is 41. The molecule has 6 heteroatoms. The number of hydrogen-bond donors (Lipinski definition) is 0. The highest BCUT2D eigenvalue weighted by atomic mass is 16.6. The van der Waals surface area contributed by atoms with E-state index in [0.29, 0.717) is 12.8 Å². The molecule has 0 saturated heterocycles. The van der Waals surface area contributed by atoms with Gasteiger partial charge in [-0.3, -0.25) is 14.4 Å². The van der Waals surface area contributed by atoms with Crippen molar-refractivity contribution in [2.75, 3.05) is 13.2 Å². The molecule has 1 unspecified atom stereocenters. The fourth-order valence-electron chi connectivity index (χ4n) is 5.91. The molecule has 6 nitrogen and oxygen atoms in total. The van der Waals surface area contributed by atoms with Gasteiger partial charge in [0.25, 0.3) is 0 Å². The second kappa shape index (κ2) is 49.9. The average Bonchev–Trinajstić information content (AvgIpc) is 3.28. The summed E-state index contributed by atoms with van der Waals surface area (Å²) in [5, 5.41) is 0. The molecule has 0 fully saturated rings. The molecule has 0 amide bonds. The van der Waals surface area contributed by atoms with E-state index in [-0.39, 0.29) is 44.0 Å². The fraction of sp³-hybridized carbons (Fsp3) is 0.526. The molecule has 0 aliphatic carbocycles. The van der Waals surface area contributed by atoms with Gasteiger partial charge in [-0.25, -0.2) is 0 Å². The van der Waals surface area contributed by atoms with Crippen LogP contribution in [0.3, 0.4) is 0 Å². The van der Waals surface area contributed by atoms with Crippen molar-refractivity contribution in [3.63, 3.8) is 0 Å². The van der Waals surface area contributed by atoms with Crippen LogP contribution in [0.25, 0.3) is 0 Å². The van der Waals surface area contributed by atoms with E-state index >= 15 is 0 Å². The summed E-state index contributed by atoms with van der Waals surface area (Å²) in [4.78, 5) is 37.9. The summed E-state index contributed by atoms with van der Waals surface area (Å²) >= 11 is 0. The van der Waals surface area contributed by atoms with Gasteiger partial charge in [0.2, 0.25) is 0 Å². The first-order chi connectivity index (χ1) is 31.0. The predicted octanol–water partition coefficient (Wildman–Crippen LogP) is 16.1. The second-order valence-corrected chi connectivity index (χ2v) is 15.5. The minimum Gasteiger partial charge on any atom is -0.462 e. The standard InChI is InChI=1S/C57H86O6/c1-4-7-10-13-16-19-22-25-27-28-29-30-33-35-38-41-44-47-50-56(59)62-53-54(52-61-55(58)49-46-43-40-37-34-31-24-21-18-15-12-9-6-3)63-57(60)51-48-45-42-39-36-32-26-23-20-17-14-11-8-5-2/h8-9,11-12,15-22,24-32,34,37,40,54H,4-7,10,13-14,23,33,35-36,38-39,41-53H2,1-3H3/b11-8-,12-9-,18-15-,19-16-,20-17-,24-21-,25-22-,28-27-,30-29-,32-26-,34-31-,40-37-. The highest BCUT2D eigenvalue weighted by Gasteiger charge is 2.19. The number of ether oxygens (including phenoxy) is 3. The number of hydrogen-bond acceptors (Lipinski definition) is 6. The molecule has 0 aromatic carbocycles. The number of esters is 3. The molecular weight excluding hydrogens is 781 g/mol. The van der Waals surface area contributed by atoms with E-state index in [0.717, 1.165) is 109 Å². The van der Waals surface area contributed by atoms with Crippen molar-refractivity contribution < 1.29 is 28.6 Å². The smallest absolute Gasteiger partial charge is 0.306 e. The van der Waals surface area contributed by atoms with Gasteiger partial charge in [0.1, 0.15) is 13.2 Å². The maximum atomic E-state index is 12.8. The van der Waals surface area contributed by atoms with Crippen LogP contribution in [-0.2, 0) is 28.6 Å². The third-order valence-electron chi connectivity index (χ3n) is 9.53. The molecular formula is C57H86O6. The molecule has 0 radical (unpaired) electrons. The van der Waals surface area contributed by atoms with Gasteiger partial charge in [0.05, 0.1) is 0 Å². The monoisotopic (exact) mass is 867 g/mol. The SMILES string of the molecule is CC\C=C/C=C\C=C/C=C\C=C/CCCC(=O)OCC(COC(=O)CCCCCCC\C=C/C=C\C=C/C=C\CCCCC)OC(=O)CCCCCC/C=C\C/C=C\C/C=C\CC. The Morgan fingerprint density at radius 2 is 0.714 bits per heavy atom. The number of carbonyl (C=O) groups is 3. The molecule has 0 aliphatic rings. The molecule has 0 saturated carbocycles. The van der Waals surface area contributed by atoms with Crippen LogP contribution >= 0.6 is 0 Å². The second-order valence-electron chi connectivity index (χ2n) is 15.5. The molecule has 350 valence electrons. The van der Waals surface area contributed by atoms with E-state index < -0.39 is 6.10 Å². The molecule has 0 rings (SSSR count). The van der Waals surface area contributed by atoms with Gasteiger partial charge in [0.15, 0.2) is 6.10 Å². The average molecular weight is 867 g/mol. The first kappa shape index (κ1) is 58.3. The normalized spacial score (nSPS) is 13.4. The summed E-state index contributed by atoms with van der Waals surface area (Å²) in [6.07, 6.45) is 71.2. The summed E-state index contributed by atoms with van der Waals surface area (Å²) in [5.74, 6) is -1.06. The predicted molar refractivity (Wildman–Crippen MR) is 269 cm³/mol. The van der Waals surface area contributed by atoms with Crippen molar-refractivity contribution in [3.8, 4) is 0 Å². The van der Waals surface area contributed by atoms with Crippen molar-refractivity contribution in [1.29, 1.82) is 0 Å². The topological polar surface area (TPSA) is 78.9 Å². The van der Waals surface area contributed by atoms with Crippen LogP contribution in [0.15, 0.2) is 146 Å². The third-order valence-corrected chi connectivity index (χ3v) is 9.53. The lowest BCUT2D eigenvalue weighted by Crippen LogP contribution is -2.30. The van der Waals surface area contributed by atoms with Crippen molar-refractivity contribution in [2.45, 2.75) is 181 Å². The Morgan fingerprint density at radius 3 is 1.22 bits per heavy atom. The van der Waals surface area contributed by atoms with Crippen molar-refractivity contribution in [2.24, 2.45) is 0 Å². The van der Waals surface area contributed by atoms with Crippen LogP contribution in [0.4, 0.5) is 0 Å². The summed E-state index contributed by atoms with van der Waals surface area (Å²) in [5.41, 5.74) is 0. The molecule has 0 spiro atoms. The zero-order chi connectivity index (χ0) is 45.8. The van der Waals surface area contributed by atoms with E-state index in [2.05, 4.69) is 112 Å². The lowest BCUT2D eigenvalue weighted by molar-refractivity contribution is -0.167. The Kier molecular flexibility index (Phi) is 46.2. The Bertz CT molecular complexity index is 1460. The highest BCUT2D eigenvalue weighted by Crippen LogP contribution is 2.11. The van der Waals surface area contributed by atoms with Crippen LogP contribution in [0.2, 0.25) is 0 Å². The maximum Gasteiger partial charge on any atom is 0.306 e. The van der Waals surface area contributed by atoms with Gasteiger partial charge in [-0.15, -0.1) is 0 Å². The van der Waals surface area contributed by atoms with E-state index in [1.807, 2.05) is 54.7 Å². The Labute approximate surface area is 385 Å². The van der Waals surface area contributed by atoms with Gasteiger partial charge in [-0.1, -0.05) is 212 Å². The first-order valence-electron chi connectivity index (χ1n) is 24.5. The number of allylic oxidation sites excluding steroid dienone is 24. The molecule has 1 atom stereocenters. The molecule has 0 heterocycles. The molecule has 0 aliphatic heterocycles. The van der Waals surface area contributed by atoms with E-state index in [1.165, 1.54) is 19.3 Å². The third kappa shape index (κ3) is 48.2. The van der Waals surface area contributed by atoms with E-state index in [1.54, 1.807) is 0 Å². The van der Waals surface area contributed by atoms with Gasteiger partial charge in [-0.05, 0) is 89.9 Å². The largest absolute Gasteiger partial charge is 0.462 e. The van der Waals surface area contributed by atoms with Gasteiger partial charge >= 0.3 is 17.9 Å². The Hall–Kier alpha value is -4.71. The van der Waals surface area contributed by atoms with Crippen LogP contribution < -0.4 is 0 Å². The van der Waals surface area contributed by atoms with Crippen molar-refractivity contribution in [1.82, 2.24) is 0 Å². The Morgan fingerprint density at radius 1 is 0.349 bits per heavy atom. The molecule has 0 aromatic heterocycles. The zero-order valence-corrected chi connectivity index (χ0v) is 39.8.